The second kappa shape index (κ2) is 3.21. The summed E-state index contributed by atoms with van der Waals surface area (Å²) in [6.45, 7) is 7.66. The van der Waals surface area contributed by atoms with Crippen LogP contribution in [0.4, 0.5) is 0 Å². The number of esters is 1. The van der Waals surface area contributed by atoms with E-state index in [1.165, 1.54) is 6.92 Å². The van der Waals surface area contributed by atoms with Gasteiger partial charge in [-0.2, -0.15) is 0 Å². The molecule has 86 valence electrons. The topological polar surface area (TPSA) is 38.8 Å². The van der Waals surface area contributed by atoms with Gasteiger partial charge >= 0.3 is 5.97 Å². The third-order valence-corrected chi connectivity index (χ3v) is 3.91. The van der Waals surface area contributed by atoms with Crippen molar-refractivity contribution in [3.8, 4) is 0 Å². The number of carbonyl (C=O) groups excluding carboxylic acids is 1. The van der Waals surface area contributed by atoms with Crippen molar-refractivity contribution in [2.24, 2.45) is 5.92 Å². The lowest BCUT2D eigenvalue weighted by atomic mass is 9.75. The number of epoxide rings is 1. The number of fused-ring (bicyclic) bond motifs is 1. The Morgan fingerprint density at radius 3 is 2.73 bits per heavy atom. The smallest absolute Gasteiger partial charge is 0.303 e. The number of hydrogen-bond acceptors (Lipinski definition) is 3. The summed E-state index contributed by atoms with van der Waals surface area (Å²) in [5, 5.41) is 0. The zero-order chi connectivity index (χ0) is 11.3. The molecule has 1 aliphatic heterocycles. The van der Waals surface area contributed by atoms with Gasteiger partial charge in [0.05, 0.1) is 11.7 Å². The highest BCUT2D eigenvalue weighted by Gasteiger charge is 2.57. The molecule has 2 rings (SSSR count). The van der Waals surface area contributed by atoms with Gasteiger partial charge in [0.2, 0.25) is 0 Å². The van der Waals surface area contributed by atoms with Gasteiger partial charge in [-0.3, -0.25) is 4.79 Å². The fraction of sp³-hybridized carbons (Fsp3) is 0.917. The lowest BCUT2D eigenvalue weighted by Crippen LogP contribution is -2.40. The molecule has 3 heteroatoms. The standard InChI is InChI=1S/C12H20O3/c1-8(13)14-11(2,3)9-5-6-12(4)10(7-9)15-12/h9-10H,5-7H2,1-4H3/t9-,10+,12-/m1/s1. The molecule has 1 heterocycles. The maximum absolute atomic E-state index is 11.0. The third kappa shape index (κ3) is 2.03. The van der Waals surface area contributed by atoms with Gasteiger partial charge in [-0.25, -0.2) is 0 Å². The summed E-state index contributed by atoms with van der Waals surface area (Å²) in [7, 11) is 0. The first-order valence-corrected chi connectivity index (χ1v) is 5.71. The van der Waals surface area contributed by atoms with Gasteiger partial charge in [-0.05, 0) is 40.0 Å². The largest absolute Gasteiger partial charge is 0.460 e. The first-order chi connectivity index (χ1) is 6.83. The number of hydrogen-bond donors (Lipinski definition) is 0. The molecule has 15 heavy (non-hydrogen) atoms. The maximum atomic E-state index is 11.0. The van der Waals surface area contributed by atoms with Gasteiger partial charge in [-0.15, -0.1) is 0 Å². The zero-order valence-corrected chi connectivity index (χ0v) is 10.0. The minimum atomic E-state index is -0.348. The lowest BCUT2D eigenvalue weighted by molar-refractivity contribution is -0.160. The highest BCUT2D eigenvalue weighted by atomic mass is 16.6. The molecule has 3 atom stereocenters. The van der Waals surface area contributed by atoms with Crippen molar-refractivity contribution >= 4 is 5.97 Å². The molecule has 0 aromatic carbocycles. The van der Waals surface area contributed by atoms with Crippen LogP contribution in [0.15, 0.2) is 0 Å². The van der Waals surface area contributed by atoms with Crippen LogP contribution < -0.4 is 0 Å². The lowest BCUT2D eigenvalue weighted by Gasteiger charge is -2.36. The summed E-state index contributed by atoms with van der Waals surface area (Å²) in [6, 6.07) is 0. The predicted octanol–water partition coefficient (Wildman–Crippen LogP) is 2.29. The molecule has 2 fully saturated rings. The average molecular weight is 212 g/mol. The minimum absolute atomic E-state index is 0.142. The van der Waals surface area contributed by atoms with E-state index in [2.05, 4.69) is 6.92 Å². The van der Waals surface area contributed by atoms with Crippen LogP contribution in [0.3, 0.4) is 0 Å². The SMILES string of the molecule is CC(=O)OC(C)(C)[C@@H]1CC[C@@]2(C)O[C@H]2C1. The van der Waals surface area contributed by atoms with Crippen LogP contribution in [0.5, 0.6) is 0 Å². The van der Waals surface area contributed by atoms with Gasteiger partial charge in [0, 0.05) is 12.8 Å². The molecule has 0 bridgehead atoms. The fourth-order valence-electron chi connectivity index (χ4n) is 2.73. The van der Waals surface area contributed by atoms with Crippen molar-refractivity contribution in [1.29, 1.82) is 0 Å². The van der Waals surface area contributed by atoms with Crippen molar-refractivity contribution < 1.29 is 14.3 Å². The van der Waals surface area contributed by atoms with Gasteiger partial charge in [0.1, 0.15) is 5.60 Å². The highest BCUT2D eigenvalue weighted by molar-refractivity contribution is 5.66. The molecule has 1 aliphatic carbocycles. The van der Waals surface area contributed by atoms with Crippen LogP contribution in [0.1, 0.15) is 47.0 Å². The number of carbonyl (C=O) groups is 1. The van der Waals surface area contributed by atoms with E-state index in [1.54, 1.807) is 0 Å². The predicted molar refractivity (Wildman–Crippen MR) is 56.5 cm³/mol. The van der Waals surface area contributed by atoms with E-state index in [1.807, 2.05) is 13.8 Å². The second-order valence-corrected chi connectivity index (χ2v) is 5.59. The zero-order valence-electron chi connectivity index (χ0n) is 10.0. The molecule has 0 spiro atoms. The average Bonchev–Trinajstić information content (AvgIpc) is 2.72. The van der Waals surface area contributed by atoms with Crippen LogP contribution in [0, 0.1) is 5.92 Å². The molecule has 0 aromatic rings. The molecule has 0 unspecified atom stereocenters. The summed E-state index contributed by atoms with van der Waals surface area (Å²) < 4.78 is 11.0. The Morgan fingerprint density at radius 2 is 2.20 bits per heavy atom. The Kier molecular flexibility index (Phi) is 2.34. The molecule has 0 amide bonds. The summed E-state index contributed by atoms with van der Waals surface area (Å²) in [6.07, 6.45) is 3.60. The molecule has 0 aromatic heterocycles. The Bertz CT molecular complexity index is 285. The van der Waals surface area contributed by atoms with E-state index >= 15 is 0 Å². The first kappa shape index (κ1) is 10.9. The number of rotatable bonds is 2. The Balaban J connectivity index is 1.96. The molecule has 3 nitrogen and oxygen atoms in total. The van der Waals surface area contributed by atoms with E-state index < -0.39 is 0 Å². The molecule has 1 saturated heterocycles. The maximum Gasteiger partial charge on any atom is 0.303 e. The fourth-order valence-corrected chi connectivity index (χ4v) is 2.73. The summed E-state index contributed by atoms with van der Waals surface area (Å²) in [5.41, 5.74) is -0.206. The normalized spacial score (nSPS) is 39.5. The minimum Gasteiger partial charge on any atom is -0.460 e. The molecule has 1 saturated carbocycles. The van der Waals surface area contributed by atoms with Gasteiger partial charge < -0.3 is 9.47 Å². The van der Waals surface area contributed by atoms with Crippen molar-refractivity contribution in [3.63, 3.8) is 0 Å². The Hall–Kier alpha value is -0.570. The second-order valence-electron chi connectivity index (χ2n) is 5.59. The van der Waals surface area contributed by atoms with E-state index in [4.69, 9.17) is 9.47 Å². The van der Waals surface area contributed by atoms with Gasteiger partial charge in [-0.1, -0.05) is 0 Å². The Labute approximate surface area is 91.1 Å². The van der Waals surface area contributed by atoms with Crippen molar-refractivity contribution in [2.45, 2.75) is 64.3 Å². The van der Waals surface area contributed by atoms with Crippen LogP contribution in [0.2, 0.25) is 0 Å². The van der Waals surface area contributed by atoms with Crippen LogP contribution in [0.25, 0.3) is 0 Å². The van der Waals surface area contributed by atoms with Crippen molar-refractivity contribution in [2.75, 3.05) is 0 Å². The van der Waals surface area contributed by atoms with E-state index in [0.29, 0.717) is 12.0 Å². The monoisotopic (exact) mass is 212 g/mol. The van der Waals surface area contributed by atoms with Crippen LogP contribution >= 0.6 is 0 Å². The summed E-state index contributed by atoms with van der Waals surface area (Å²) in [5.74, 6) is 0.243. The van der Waals surface area contributed by atoms with Crippen molar-refractivity contribution in [3.05, 3.63) is 0 Å². The van der Waals surface area contributed by atoms with Gasteiger partial charge in [0.15, 0.2) is 0 Å². The highest BCUT2D eigenvalue weighted by Crippen LogP contribution is 2.51. The van der Waals surface area contributed by atoms with E-state index in [-0.39, 0.29) is 17.2 Å². The summed E-state index contributed by atoms with van der Waals surface area (Å²) in [4.78, 5) is 11.0. The molecule has 0 N–H and O–H groups in total. The molecular formula is C12H20O3. The van der Waals surface area contributed by atoms with Crippen molar-refractivity contribution in [1.82, 2.24) is 0 Å². The van der Waals surface area contributed by atoms with Crippen LogP contribution in [-0.2, 0) is 14.3 Å². The van der Waals surface area contributed by atoms with E-state index in [0.717, 1.165) is 19.3 Å². The molecule has 0 radical (unpaired) electrons. The van der Waals surface area contributed by atoms with Crippen LogP contribution in [-0.4, -0.2) is 23.3 Å². The molecular weight excluding hydrogens is 192 g/mol. The first-order valence-electron chi connectivity index (χ1n) is 5.71. The summed E-state index contributed by atoms with van der Waals surface area (Å²) >= 11 is 0. The van der Waals surface area contributed by atoms with Gasteiger partial charge in [0.25, 0.3) is 0 Å². The Morgan fingerprint density at radius 1 is 1.53 bits per heavy atom. The quantitative estimate of drug-likeness (QED) is 0.520. The van der Waals surface area contributed by atoms with E-state index in [9.17, 15) is 4.79 Å². The molecule has 2 aliphatic rings. The third-order valence-electron chi connectivity index (χ3n) is 3.91. The number of ether oxygens (including phenoxy) is 2.